The fourth-order valence-corrected chi connectivity index (χ4v) is 10.9. The molecule has 6 rings (SSSR count). The second-order valence-corrected chi connectivity index (χ2v) is 23.3. The van der Waals surface area contributed by atoms with Gasteiger partial charge in [-0.05, 0) is 108 Å². The van der Waals surface area contributed by atoms with Crippen molar-refractivity contribution in [3.05, 3.63) is 12.2 Å². The van der Waals surface area contributed by atoms with Crippen molar-refractivity contribution in [2.24, 2.45) is 34.5 Å². The van der Waals surface area contributed by atoms with Crippen LogP contribution in [0.25, 0.3) is 0 Å². The molecule has 0 radical (unpaired) electrons. The number of esters is 2. The van der Waals surface area contributed by atoms with E-state index < -0.39 is 77.5 Å². The van der Waals surface area contributed by atoms with E-state index in [1.807, 2.05) is 12.2 Å². The molecule has 5 fully saturated rings. The minimum Gasteiger partial charge on any atom is -0.467 e. The van der Waals surface area contributed by atoms with Crippen LogP contribution in [-0.2, 0) is 57.2 Å². The molecule has 0 spiro atoms. The lowest BCUT2D eigenvalue weighted by atomic mass is 9.99. The predicted molar refractivity (Wildman–Crippen MR) is 264 cm³/mol. The van der Waals surface area contributed by atoms with Gasteiger partial charge in [0.25, 0.3) is 0 Å². The Morgan fingerprint density at radius 3 is 1.47 bits per heavy atom. The molecule has 2 aliphatic carbocycles. The Labute approximate surface area is 425 Å². The maximum Gasteiger partial charge on any atom is 0.408 e. The molecule has 2 saturated carbocycles. The largest absolute Gasteiger partial charge is 0.467 e. The van der Waals surface area contributed by atoms with Gasteiger partial charge in [0.15, 0.2) is 0 Å². The SMILES string of the molecule is COC(=O)[C@@H]1CCCCC=CCOC[C@H](NC(=O)OC(C)(C)C)C(=O)N2C[C@H]3[C@@H]([C@H]2C(=O)N1)C3(C)C.COC(=O)[C@@H]1CCCCCCCOC[C@H](NC(=O)OC(C)(C)C)C(=O)N2C[C@H]3[C@@H]([C@H]2C(=O)N1)C3(C)C. The van der Waals surface area contributed by atoms with Gasteiger partial charge < -0.3 is 59.5 Å². The first-order valence-electron chi connectivity index (χ1n) is 25.9. The molecule has 72 heavy (non-hydrogen) atoms. The van der Waals surface area contributed by atoms with Crippen LogP contribution in [0.2, 0.25) is 0 Å². The van der Waals surface area contributed by atoms with Crippen molar-refractivity contribution in [1.29, 1.82) is 0 Å². The van der Waals surface area contributed by atoms with Gasteiger partial charge in [-0.1, -0.05) is 72.0 Å². The average molecular weight is 1020 g/mol. The molecule has 0 aromatic heterocycles. The van der Waals surface area contributed by atoms with E-state index in [0.717, 1.165) is 51.4 Å². The standard InChI is InChI=1S/C26H43N3O7.C26H41N3O7/c2*1-25(2,3)36-24(33)28-18-15-35-13-11-9-7-8-10-12-17(23(32)34-6)27-21(30)20-19-16(26(19,4)5)14-29(20)22(18)31/h16-20H,7-15H2,1-6H3,(H,27,30)(H,28,33);9,11,16-20H,7-8,10,12-15H2,1-6H3,(H,27,30)(H,28,33)/t2*16-,17-,18-,19-,20-/m00/s1. The smallest absolute Gasteiger partial charge is 0.408 e. The summed E-state index contributed by atoms with van der Waals surface area (Å²) in [6.07, 6.45) is 10.2. The van der Waals surface area contributed by atoms with Gasteiger partial charge in [0, 0.05) is 19.7 Å². The Bertz CT molecular complexity index is 2000. The first-order valence-corrected chi connectivity index (χ1v) is 25.9. The van der Waals surface area contributed by atoms with E-state index in [2.05, 4.69) is 49.0 Å². The van der Waals surface area contributed by atoms with Gasteiger partial charge in [-0.15, -0.1) is 0 Å². The second-order valence-electron chi connectivity index (χ2n) is 23.3. The van der Waals surface area contributed by atoms with Crippen molar-refractivity contribution in [3.63, 3.8) is 0 Å². The number of allylic oxidation sites excluding steroid dienone is 1. The minimum absolute atomic E-state index is 0.00751. The van der Waals surface area contributed by atoms with E-state index in [-0.39, 0.29) is 72.0 Å². The van der Waals surface area contributed by atoms with Crippen molar-refractivity contribution in [3.8, 4) is 0 Å². The van der Waals surface area contributed by atoms with Gasteiger partial charge in [0.05, 0.1) is 34.0 Å². The lowest BCUT2D eigenvalue weighted by Gasteiger charge is -2.34. The summed E-state index contributed by atoms with van der Waals surface area (Å²) in [6.45, 7) is 20.3. The number of carbonyl (C=O) groups is 8. The van der Waals surface area contributed by atoms with Gasteiger partial charge in [-0.3, -0.25) is 19.2 Å². The maximum atomic E-state index is 13.7. The highest BCUT2D eigenvalue weighted by atomic mass is 16.6. The zero-order valence-electron chi connectivity index (χ0n) is 44.9. The number of piperidine rings is 2. The molecule has 6 aliphatic rings. The van der Waals surface area contributed by atoms with E-state index in [1.165, 1.54) is 19.1 Å². The third kappa shape index (κ3) is 15.1. The fraction of sp³-hybridized carbons (Fsp3) is 0.808. The third-order valence-electron chi connectivity index (χ3n) is 14.9. The van der Waals surface area contributed by atoms with Crippen LogP contribution in [0, 0.1) is 34.5 Å². The molecule has 0 aromatic rings. The summed E-state index contributed by atoms with van der Waals surface area (Å²) in [5, 5.41) is 11.0. The number of hydrogen-bond acceptors (Lipinski definition) is 14. The summed E-state index contributed by atoms with van der Waals surface area (Å²) in [5.74, 6) is -2.25. The zero-order chi connectivity index (χ0) is 53.3. The quantitative estimate of drug-likeness (QED) is 0.171. The number of methoxy groups -OCH3 is 2. The molecule has 4 aliphatic heterocycles. The number of ether oxygens (including phenoxy) is 6. The summed E-state index contributed by atoms with van der Waals surface area (Å²) >= 11 is 0. The van der Waals surface area contributed by atoms with Crippen LogP contribution in [0.5, 0.6) is 0 Å². The highest BCUT2D eigenvalue weighted by molar-refractivity contribution is 5.96. The van der Waals surface area contributed by atoms with Gasteiger partial charge in [-0.25, -0.2) is 19.2 Å². The van der Waals surface area contributed by atoms with Gasteiger partial charge in [0.1, 0.15) is 47.5 Å². The topological polar surface area (TPSA) is 247 Å². The van der Waals surface area contributed by atoms with Crippen LogP contribution in [-0.4, -0.2) is 159 Å². The summed E-state index contributed by atoms with van der Waals surface area (Å²) in [4.78, 5) is 107. The van der Waals surface area contributed by atoms with Crippen LogP contribution in [0.3, 0.4) is 0 Å². The maximum absolute atomic E-state index is 13.7. The van der Waals surface area contributed by atoms with Crippen LogP contribution < -0.4 is 21.3 Å². The molecule has 0 unspecified atom stereocenters. The van der Waals surface area contributed by atoms with Crippen molar-refractivity contribution in [1.82, 2.24) is 31.1 Å². The number of carbonyl (C=O) groups excluding carboxylic acids is 8. The van der Waals surface area contributed by atoms with Crippen molar-refractivity contribution in [2.75, 3.05) is 53.7 Å². The zero-order valence-corrected chi connectivity index (χ0v) is 44.9. The normalized spacial score (nSPS) is 31.3. The molecule has 6 amide bonds. The molecule has 20 heteroatoms. The van der Waals surface area contributed by atoms with Crippen LogP contribution in [0.4, 0.5) is 9.59 Å². The highest BCUT2D eigenvalue weighted by Crippen LogP contribution is 2.66. The van der Waals surface area contributed by atoms with E-state index in [0.29, 0.717) is 32.5 Å². The molecule has 406 valence electrons. The minimum atomic E-state index is -1.02. The van der Waals surface area contributed by atoms with Crippen LogP contribution >= 0.6 is 0 Å². The van der Waals surface area contributed by atoms with Gasteiger partial charge in [0.2, 0.25) is 23.6 Å². The number of nitrogens with one attached hydrogen (secondary N) is 4. The summed E-state index contributed by atoms with van der Waals surface area (Å²) in [6, 6.07) is -5.03. The summed E-state index contributed by atoms with van der Waals surface area (Å²) in [5.41, 5.74) is -1.66. The Balaban J connectivity index is 0.000000267. The van der Waals surface area contributed by atoms with Crippen molar-refractivity contribution in [2.45, 2.75) is 181 Å². The second kappa shape index (κ2) is 24.4. The van der Waals surface area contributed by atoms with Gasteiger partial charge in [-0.2, -0.15) is 0 Å². The molecule has 3 saturated heterocycles. The first kappa shape index (κ1) is 57.9. The average Bonchev–Trinajstić information content (AvgIpc) is 3.73. The fourth-order valence-electron chi connectivity index (χ4n) is 10.9. The highest BCUT2D eigenvalue weighted by Gasteiger charge is 2.71. The van der Waals surface area contributed by atoms with Gasteiger partial charge >= 0.3 is 24.1 Å². The van der Waals surface area contributed by atoms with E-state index in [1.54, 1.807) is 46.4 Å². The van der Waals surface area contributed by atoms with Crippen LogP contribution in [0.15, 0.2) is 12.2 Å². The Hall–Kier alpha value is -4.98. The van der Waals surface area contributed by atoms with Crippen molar-refractivity contribution < 1.29 is 66.8 Å². The number of hydrogen-bond donors (Lipinski definition) is 4. The number of rotatable bonds is 4. The molecule has 20 nitrogen and oxygen atoms in total. The number of fused-ring (bicyclic) bond motifs is 6. The molecular weight excluding hydrogens is 933 g/mol. The van der Waals surface area contributed by atoms with Crippen LogP contribution in [0.1, 0.15) is 133 Å². The van der Waals surface area contributed by atoms with Crippen molar-refractivity contribution >= 4 is 47.8 Å². The first-order chi connectivity index (χ1) is 33.7. The monoisotopic (exact) mass is 1020 g/mol. The Morgan fingerprint density at radius 1 is 0.611 bits per heavy atom. The lowest BCUT2D eigenvalue weighted by molar-refractivity contribution is -0.148. The molecular formula is C52H84N6O14. The van der Waals surface area contributed by atoms with E-state index >= 15 is 0 Å². The van der Waals surface area contributed by atoms with E-state index in [9.17, 15) is 38.4 Å². The molecule has 10 atom stereocenters. The molecule has 0 bridgehead atoms. The Kier molecular flexibility index (Phi) is 19.6. The lowest BCUT2D eigenvalue weighted by Crippen LogP contribution is -2.58. The Morgan fingerprint density at radius 2 is 1.03 bits per heavy atom. The molecule has 4 heterocycles. The number of alkyl carbamates (subject to hydrolysis) is 2. The molecule has 4 N–H and O–H groups in total. The third-order valence-corrected chi connectivity index (χ3v) is 14.9. The number of amides is 6. The summed E-state index contributed by atoms with van der Waals surface area (Å²) < 4.78 is 32.1. The number of nitrogens with zero attached hydrogens (tertiary/aromatic N) is 2. The molecule has 0 aromatic carbocycles. The van der Waals surface area contributed by atoms with E-state index in [4.69, 9.17) is 28.4 Å². The summed E-state index contributed by atoms with van der Waals surface area (Å²) in [7, 11) is 2.61. The predicted octanol–water partition coefficient (Wildman–Crippen LogP) is 4.56.